The van der Waals surface area contributed by atoms with Crippen LogP contribution in [0, 0.1) is 5.92 Å². The maximum Gasteiger partial charge on any atom is 0.252 e. The average Bonchev–Trinajstić information content (AvgIpc) is 2.73. The van der Waals surface area contributed by atoms with Crippen molar-refractivity contribution in [2.45, 2.75) is 11.3 Å². The molecule has 0 aliphatic carbocycles. The quantitative estimate of drug-likeness (QED) is 0.800. The fraction of sp³-hybridized carbons (Fsp3) is 0.462. The molecule has 3 nitrogen and oxygen atoms in total. The molecule has 1 fully saturated rings. The number of nitrogens with zero attached hydrogens (tertiary/aromatic N) is 1. The van der Waals surface area contributed by atoms with Crippen LogP contribution in [0.2, 0.25) is 0 Å². The van der Waals surface area contributed by atoms with Crippen molar-refractivity contribution in [1.29, 1.82) is 0 Å². The van der Waals surface area contributed by atoms with Crippen LogP contribution in [-0.4, -0.2) is 37.5 Å². The van der Waals surface area contributed by atoms with E-state index < -0.39 is 0 Å². The fourth-order valence-corrected chi connectivity index (χ4v) is 2.45. The Kier molecular flexibility index (Phi) is 4.07. The highest BCUT2D eigenvalue weighted by Gasteiger charge is 2.20. The topological polar surface area (TPSA) is 32.3 Å². The highest BCUT2D eigenvalue weighted by molar-refractivity contribution is 7.80. The van der Waals surface area contributed by atoms with Crippen molar-refractivity contribution in [3.63, 3.8) is 0 Å². The second-order valence-corrected chi connectivity index (χ2v) is 5.13. The van der Waals surface area contributed by atoms with E-state index in [2.05, 4.69) is 29.9 Å². The third kappa shape index (κ3) is 3.23. The predicted octanol–water partition coefficient (Wildman–Crippen LogP) is 1.66. The summed E-state index contributed by atoms with van der Waals surface area (Å²) in [4.78, 5) is 15.0. The van der Waals surface area contributed by atoms with E-state index in [4.69, 9.17) is 0 Å². The Morgan fingerprint density at radius 1 is 1.53 bits per heavy atom. The van der Waals surface area contributed by atoms with Gasteiger partial charge in [0.25, 0.3) is 5.91 Å². The van der Waals surface area contributed by atoms with E-state index >= 15 is 0 Å². The summed E-state index contributed by atoms with van der Waals surface area (Å²) in [7, 11) is 2.12. The Morgan fingerprint density at radius 2 is 2.29 bits per heavy atom. The van der Waals surface area contributed by atoms with Crippen molar-refractivity contribution in [1.82, 2.24) is 10.2 Å². The number of nitrogens with one attached hydrogen (secondary N) is 1. The van der Waals surface area contributed by atoms with E-state index in [1.54, 1.807) is 6.07 Å². The highest BCUT2D eigenvalue weighted by atomic mass is 32.1. The van der Waals surface area contributed by atoms with Crippen LogP contribution in [0.4, 0.5) is 0 Å². The molecule has 4 heteroatoms. The van der Waals surface area contributed by atoms with Gasteiger partial charge in [0.05, 0.1) is 5.56 Å². The van der Waals surface area contributed by atoms with Gasteiger partial charge in [-0.2, -0.15) is 0 Å². The molecular formula is C13H18N2OS. The summed E-state index contributed by atoms with van der Waals surface area (Å²) in [6.45, 7) is 2.96. The van der Waals surface area contributed by atoms with Crippen LogP contribution < -0.4 is 5.32 Å². The first kappa shape index (κ1) is 12.5. The van der Waals surface area contributed by atoms with Gasteiger partial charge in [0.15, 0.2) is 0 Å². The van der Waals surface area contributed by atoms with E-state index in [0.717, 1.165) is 24.5 Å². The Morgan fingerprint density at radius 3 is 2.94 bits per heavy atom. The Balaban J connectivity index is 1.88. The first-order chi connectivity index (χ1) is 8.16. The number of rotatable bonds is 3. The minimum Gasteiger partial charge on any atom is -0.352 e. The highest BCUT2D eigenvalue weighted by Crippen LogP contribution is 2.15. The number of amides is 1. The lowest BCUT2D eigenvalue weighted by Gasteiger charge is -2.12. The van der Waals surface area contributed by atoms with Gasteiger partial charge in [-0.25, -0.2) is 0 Å². The molecule has 0 bridgehead atoms. The minimum absolute atomic E-state index is 0.0230. The summed E-state index contributed by atoms with van der Waals surface area (Å²) >= 11 is 4.29. The molecule has 1 atom stereocenters. The van der Waals surface area contributed by atoms with Gasteiger partial charge in [0, 0.05) is 18.0 Å². The molecule has 1 N–H and O–H groups in total. The van der Waals surface area contributed by atoms with E-state index in [1.165, 1.54) is 6.42 Å². The van der Waals surface area contributed by atoms with Crippen molar-refractivity contribution in [3.8, 4) is 0 Å². The van der Waals surface area contributed by atoms with Crippen molar-refractivity contribution in [2.24, 2.45) is 5.92 Å². The fourth-order valence-electron chi connectivity index (χ4n) is 2.19. The summed E-state index contributed by atoms with van der Waals surface area (Å²) < 4.78 is 0. The summed E-state index contributed by atoms with van der Waals surface area (Å²) in [6, 6.07) is 7.38. The average molecular weight is 250 g/mol. The van der Waals surface area contributed by atoms with E-state index in [0.29, 0.717) is 11.5 Å². The molecule has 0 aromatic heterocycles. The van der Waals surface area contributed by atoms with Crippen LogP contribution in [-0.2, 0) is 0 Å². The molecule has 1 heterocycles. The molecule has 1 saturated heterocycles. The SMILES string of the molecule is CN1CCC(CNC(=O)c2ccccc2S)C1. The van der Waals surface area contributed by atoms with Crippen LogP contribution >= 0.6 is 12.6 Å². The van der Waals surface area contributed by atoms with Gasteiger partial charge in [-0.15, -0.1) is 12.6 Å². The van der Waals surface area contributed by atoms with Crippen LogP contribution in [0.1, 0.15) is 16.8 Å². The van der Waals surface area contributed by atoms with Crippen molar-refractivity contribution in [2.75, 3.05) is 26.7 Å². The zero-order chi connectivity index (χ0) is 12.3. The summed E-state index contributed by atoms with van der Waals surface area (Å²) in [5.74, 6) is 0.557. The second-order valence-electron chi connectivity index (χ2n) is 4.64. The standard InChI is InChI=1S/C13H18N2OS/c1-15-7-6-10(9-15)8-14-13(16)11-4-2-3-5-12(11)17/h2-5,10,17H,6-9H2,1H3,(H,14,16). The Hall–Kier alpha value is -1.00. The van der Waals surface area contributed by atoms with E-state index in [1.807, 2.05) is 18.2 Å². The molecule has 0 saturated carbocycles. The summed E-state index contributed by atoms with van der Waals surface area (Å²) in [6.07, 6.45) is 1.17. The normalized spacial score (nSPS) is 20.5. The molecule has 1 aliphatic rings. The summed E-state index contributed by atoms with van der Waals surface area (Å²) in [5, 5.41) is 2.99. The monoisotopic (exact) mass is 250 g/mol. The minimum atomic E-state index is -0.0230. The number of thiol groups is 1. The van der Waals surface area contributed by atoms with Gasteiger partial charge in [-0.05, 0) is 38.1 Å². The lowest BCUT2D eigenvalue weighted by atomic mass is 10.1. The number of benzene rings is 1. The number of carbonyl (C=O) groups excluding carboxylic acids is 1. The van der Waals surface area contributed by atoms with Crippen LogP contribution in [0.25, 0.3) is 0 Å². The third-order valence-electron chi connectivity index (χ3n) is 3.19. The molecule has 92 valence electrons. The first-order valence-corrected chi connectivity index (χ1v) is 6.36. The predicted molar refractivity (Wildman–Crippen MR) is 71.6 cm³/mol. The molecule has 1 amide bonds. The smallest absolute Gasteiger partial charge is 0.252 e. The van der Waals surface area contributed by atoms with E-state index in [9.17, 15) is 4.79 Å². The maximum absolute atomic E-state index is 11.9. The molecule has 1 aliphatic heterocycles. The molecule has 1 aromatic rings. The van der Waals surface area contributed by atoms with Gasteiger partial charge in [-0.1, -0.05) is 12.1 Å². The zero-order valence-electron chi connectivity index (χ0n) is 10.0. The number of carbonyl (C=O) groups is 1. The number of hydrogen-bond donors (Lipinski definition) is 2. The van der Waals surface area contributed by atoms with Gasteiger partial charge >= 0.3 is 0 Å². The summed E-state index contributed by atoms with van der Waals surface area (Å²) in [5.41, 5.74) is 0.655. The molecule has 1 aromatic carbocycles. The molecule has 17 heavy (non-hydrogen) atoms. The van der Waals surface area contributed by atoms with Crippen LogP contribution in [0.15, 0.2) is 29.2 Å². The van der Waals surface area contributed by atoms with Crippen molar-refractivity contribution < 1.29 is 4.79 Å². The molecule has 1 unspecified atom stereocenters. The number of hydrogen-bond acceptors (Lipinski definition) is 3. The molecule has 2 rings (SSSR count). The second kappa shape index (κ2) is 5.56. The van der Waals surface area contributed by atoms with Gasteiger partial charge in [-0.3, -0.25) is 4.79 Å². The Bertz CT molecular complexity index is 408. The first-order valence-electron chi connectivity index (χ1n) is 5.91. The van der Waals surface area contributed by atoms with Gasteiger partial charge in [0.1, 0.15) is 0 Å². The third-order valence-corrected chi connectivity index (χ3v) is 3.58. The largest absolute Gasteiger partial charge is 0.352 e. The van der Waals surface area contributed by atoms with Gasteiger partial charge in [0.2, 0.25) is 0 Å². The van der Waals surface area contributed by atoms with Crippen molar-refractivity contribution in [3.05, 3.63) is 29.8 Å². The molecule has 0 radical (unpaired) electrons. The lowest BCUT2D eigenvalue weighted by molar-refractivity contribution is 0.0944. The lowest BCUT2D eigenvalue weighted by Crippen LogP contribution is -2.30. The van der Waals surface area contributed by atoms with Crippen molar-refractivity contribution >= 4 is 18.5 Å². The number of likely N-dealkylation sites (tertiary alicyclic amines) is 1. The van der Waals surface area contributed by atoms with Crippen LogP contribution in [0.3, 0.4) is 0 Å². The van der Waals surface area contributed by atoms with Crippen LogP contribution in [0.5, 0.6) is 0 Å². The van der Waals surface area contributed by atoms with E-state index in [-0.39, 0.29) is 5.91 Å². The Labute approximate surface area is 108 Å². The molecular weight excluding hydrogens is 232 g/mol. The molecule has 0 spiro atoms. The maximum atomic E-state index is 11.9. The van der Waals surface area contributed by atoms with Gasteiger partial charge < -0.3 is 10.2 Å². The zero-order valence-corrected chi connectivity index (χ0v) is 10.9.